The number of amides is 3. The lowest BCUT2D eigenvalue weighted by atomic mass is 9.97. The highest BCUT2D eigenvalue weighted by Gasteiger charge is 2.04. The van der Waals surface area contributed by atoms with Crippen LogP contribution in [-0.2, 0) is 4.74 Å². The normalized spacial score (nSPS) is 11.1. The van der Waals surface area contributed by atoms with Gasteiger partial charge in [-0.3, -0.25) is 0 Å². The number of carbonyl (C=O) groups excluding carboxylic acids is 2. The Morgan fingerprint density at radius 1 is 1.17 bits per heavy atom. The van der Waals surface area contributed by atoms with Gasteiger partial charge in [-0.25, -0.2) is 9.59 Å². The molecule has 0 aromatic rings. The van der Waals surface area contributed by atoms with Gasteiger partial charge in [0.05, 0.1) is 6.61 Å². The molecule has 0 saturated carbocycles. The second-order valence-corrected chi connectivity index (χ2v) is 4.75. The fourth-order valence-corrected chi connectivity index (χ4v) is 0.941. The third kappa shape index (κ3) is 10.8. The zero-order valence-corrected chi connectivity index (χ0v) is 11.5. The molecular weight excluding hydrogens is 234 g/mol. The quantitative estimate of drug-likeness (QED) is 0.654. The molecule has 0 spiro atoms. The molecule has 0 aliphatic carbocycles. The molecule has 0 unspecified atom stereocenters. The van der Waals surface area contributed by atoms with Crippen LogP contribution in [0, 0.1) is 5.41 Å². The first-order valence-corrected chi connectivity index (χ1v) is 5.98. The molecular formula is C12H23N3O3. The van der Waals surface area contributed by atoms with Crippen LogP contribution in [0.2, 0.25) is 0 Å². The highest BCUT2D eigenvalue weighted by Crippen LogP contribution is 2.13. The summed E-state index contributed by atoms with van der Waals surface area (Å²) in [6.45, 7) is 8.83. The topological polar surface area (TPSA) is 79.5 Å². The van der Waals surface area contributed by atoms with Crippen LogP contribution in [0.3, 0.4) is 0 Å². The Kier molecular flexibility index (Phi) is 7.58. The maximum atomic E-state index is 11.3. The first-order valence-electron chi connectivity index (χ1n) is 5.98. The Morgan fingerprint density at radius 2 is 1.78 bits per heavy atom. The molecule has 6 heteroatoms. The number of alkyl carbamates (subject to hydrolysis) is 1. The average Bonchev–Trinajstić information content (AvgIpc) is 2.23. The van der Waals surface area contributed by atoms with Gasteiger partial charge >= 0.3 is 12.1 Å². The number of hydrogen-bond donors (Lipinski definition) is 3. The molecule has 18 heavy (non-hydrogen) atoms. The number of allylic oxidation sites excluding steroid dienone is 1. The van der Waals surface area contributed by atoms with E-state index in [9.17, 15) is 9.59 Å². The molecule has 0 atom stereocenters. The number of hydrogen-bond acceptors (Lipinski definition) is 3. The fraction of sp³-hybridized carbons (Fsp3) is 0.667. The van der Waals surface area contributed by atoms with E-state index in [2.05, 4.69) is 20.7 Å². The molecule has 3 N–H and O–H groups in total. The average molecular weight is 257 g/mol. The molecule has 0 aliphatic rings. The third-order valence-corrected chi connectivity index (χ3v) is 1.75. The van der Waals surface area contributed by atoms with E-state index < -0.39 is 6.09 Å². The standard InChI is InChI=1S/C12H23N3O3/c1-5-18-11(17)15-9-8-14-10(16)13-7-6-12(2,3)4/h6-7H,5,8-9H2,1-4H3,(H,15,17)(H2,13,14,16)/b7-6+. The summed E-state index contributed by atoms with van der Waals surface area (Å²) < 4.78 is 4.66. The largest absolute Gasteiger partial charge is 0.450 e. The van der Waals surface area contributed by atoms with E-state index in [1.807, 2.05) is 26.8 Å². The lowest BCUT2D eigenvalue weighted by molar-refractivity contribution is 0.152. The fourth-order valence-electron chi connectivity index (χ4n) is 0.941. The number of ether oxygens (including phenoxy) is 1. The molecule has 0 bridgehead atoms. The van der Waals surface area contributed by atoms with Crippen LogP contribution in [0.5, 0.6) is 0 Å². The third-order valence-electron chi connectivity index (χ3n) is 1.75. The van der Waals surface area contributed by atoms with Gasteiger partial charge in [0, 0.05) is 19.3 Å². The van der Waals surface area contributed by atoms with Crippen molar-refractivity contribution in [3.8, 4) is 0 Å². The summed E-state index contributed by atoms with van der Waals surface area (Å²) >= 11 is 0. The van der Waals surface area contributed by atoms with E-state index in [-0.39, 0.29) is 11.4 Å². The summed E-state index contributed by atoms with van der Waals surface area (Å²) in [5, 5.41) is 7.67. The SMILES string of the molecule is CCOC(=O)NCCNC(=O)N/C=C/C(C)(C)C. The number of urea groups is 1. The summed E-state index contributed by atoms with van der Waals surface area (Å²) in [5.41, 5.74) is 0.0265. The Bertz CT molecular complexity index is 295. The minimum Gasteiger partial charge on any atom is -0.450 e. The molecule has 0 aliphatic heterocycles. The molecule has 0 aromatic carbocycles. The summed E-state index contributed by atoms with van der Waals surface area (Å²) in [6.07, 6.45) is 3.02. The Morgan fingerprint density at radius 3 is 2.33 bits per heavy atom. The van der Waals surface area contributed by atoms with Crippen LogP contribution in [-0.4, -0.2) is 31.8 Å². The second kappa shape index (κ2) is 8.38. The number of nitrogens with one attached hydrogen (secondary N) is 3. The van der Waals surface area contributed by atoms with Gasteiger partial charge in [-0.15, -0.1) is 0 Å². The van der Waals surface area contributed by atoms with Gasteiger partial charge in [-0.2, -0.15) is 0 Å². The number of rotatable bonds is 5. The molecule has 0 heterocycles. The minimum atomic E-state index is -0.479. The summed E-state index contributed by atoms with van der Waals surface area (Å²) in [4.78, 5) is 22.2. The molecule has 104 valence electrons. The summed E-state index contributed by atoms with van der Waals surface area (Å²) in [6, 6.07) is -0.304. The molecule has 3 amide bonds. The smallest absolute Gasteiger partial charge is 0.407 e. The monoisotopic (exact) mass is 257 g/mol. The molecule has 0 aromatic heterocycles. The Balaban J connectivity index is 3.60. The maximum Gasteiger partial charge on any atom is 0.407 e. The summed E-state index contributed by atoms with van der Waals surface area (Å²) in [5.74, 6) is 0. The van der Waals surface area contributed by atoms with Crippen molar-refractivity contribution < 1.29 is 14.3 Å². The van der Waals surface area contributed by atoms with Crippen LogP contribution in [0.4, 0.5) is 9.59 Å². The molecule has 0 radical (unpaired) electrons. The van der Waals surface area contributed by atoms with Crippen molar-refractivity contribution >= 4 is 12.1 Å². The lowest BCUT2D eigenvalue weighted by Crippen LogP contribution is -2.38. The highest BCUT2D eigenvalue weighted by atomic mass is 16.5. The molecule has 6 nitrogen and oxygen atoms in total. The van der Waals surface area contributed by atoms with E-state index in [1.54, 1.807) is 13.1 Å². The highest BCUT2D eigenvalue weighted by molar-refractivity contribution is 5.75. The Hall–Kier alpha value is -1.72. The van der Waals surface area contributed by atoms with Crippen molar-refractivity contribution in [2.75, 3.05) is 19.7 Å². The first kappa shape index (κ1) is 16.3. The van der Waals surface area contributed by atoms with E-state index in [4.69, 9.17) is 0 Å². The van der Waals surface area contributed by atoms with Crippen molar-refractivity contribution in [2.45, 2.75) is 27.7 Å². The van der Waals surface area contributed by atoms with Crippen LogP contribution < -0.4 is 16.0 Å². The molecule has 0 rings (SSSR count). The van der Waals surface area contributed by atoms with Crippen LogP contribution in [0.15, 0.2) is 12.3 Å². The molecule has 0 fully saturated rings. The Labute approximate surface area is 108 Å². The van der Waals surface area contributed by atoms with Gasteiger partial charge in [0.25, 0.3) is 0 Å². The zero-order valence-electron chi connectivity index (χ0n) is 11.5. The lowest BCUT2D eigenvalue weighted by Gasteiger charge is -2.11. The molecule has 0 saturated heterocycles. The van der Waals surface area contributed by atoms with E-state index >= 15 is 0 Å². The van der Waals surface area contributed by atoms with E-state index in [0.29, 0.717) is 19.7 Å². The second-order valence-electron chi connectivity index (χ2n) is 4.75. The van der Waals surface area contributed by atoms with Gasteiger partial charge in [0.1, 0.15) is 0 Å². The van der Waals surface area contributed by atoms with Crippen molar-refractivity contribution in [1.82, 2.24) is 16.0 Å². The van der Waals surface area contributed by atoms with Gasteiger partial charge in [-0.1, -0.05) is 26.8 Å². The zero-order chi connectivity index (χ0) is 14.0. The predicted octanol–water partition coefficient (Wildman–Crippen LogP) is 1.59. The van der Waals surface area contributed by atoms with Crippen molar-refractivity contribution in [3.63, 3.8) is 0 Å². The van der Waals surface area contributed by atoms with Crippen LogP contribution >= 0.6 is 0 Å². The van der Waals surface area contributed by atoms with Gasteiger partial charge in [0.2, 0.25) is 0 Å². The number of carbonyl (C=O) groups is 2. The van der Waals surface area contributed by atoms with Gasteiger partial charge < -0.3 is 20.7 Å². The maximum absolute atomic E-state index is 11.3. The van der Waals surface area contributed by atoms with Gasteiger partial charge in [0.15, 0.2) is 0 Å². The summed E-state index contributed by atoms with van der Waals surface area (Å²) in [7, 11) is 0. The predicted molar refractivity (Wildman–Crippen MR) is 70.2 cm³/mol. The van der Waals surface area contributed by atoms with Crippen molar-refractivity contribution in [2.24, 2.45) is 5.41 Å². The van der Waals surface area contributed by atoms with Crippen LogP contribution in [0.25, 0.3) is 0 Å². The van der Waals surface area contributed by atoms with Crippen molar-refractivity contribution in [3.05, 3.63) is 12.3 Å². The first-order chi connectivity index (χ1) is 8.35. The van der Waals surface area contributed by atoms with E-state index in [1.165, 1.54) is 0 Å². The van der Waals surface area contributed by atoms with Crippen molar-refractivity contribution in [1.29, 1.82) is 0 Å². The van der Waals surface area contributed by atoms with E-state index in [0.717, 1.165) is 0 Å². The van der Waals surface area contributed by atoms with Crippen LogP contribution in [0.1, 0.15) is 27.7 Å². The minimum absolute atomic E-state index is 0.0265. The van der Waals surface area contributed by atoms with Gasteiger partial charge in [-0.05, 0) is 12.3 Å².